The number of amides is 1. The third kappa shape index (κ3) is 4.13. The molecule has 0 aliphatic carbocycles. The van der Waals surface area contributed by atoms with Crippen molar-refractivity contribution in [3.8, 4) is 11.1 Å². The van der Waals surface area contributed by atoms with Gasteiger partial charge in [-0.05, 0) is 31.0 Å². The van der Waals surface area contributed by atoms with Crippen molar-refractivity contribution in [3.05, 3.63) is 70.6 Å². The van der Waals surface area contributed by atoms with Crippen LogP contribution in [0.3, 0.4) is 0 Å². The summed E-state index contributed by atoms with van der Waals surface area (Å²) in [5, 5.41) is 11.3. The second-order valence-corrected chi connectivity index (χ2v) is 10.8. The fourth-order valence-electron chi connectivity index (χ4n) is 5.92. The van der Waals surface area contributed by atoms with Gasteiger partial charge in [0.15, 0.2) is 5.65 Å². The average Bonchev–Trinajstić information content (AvgIpc) is 3.48. The summed E-state index contributed by atoms with van der Waals surface area (Å²) >= 11 is 6.59. The molecule has 11 nitrogen and oxygen atoms in total. The van der Waals surface area contributed by atoms with Gasteiger partial charge in [0, 0.05) is 60.8 Å². The van der Waals surface area contributed by atoms with Crippen molar-refractivity contribution < 1.29 is 9.90 Å². The van der Waals surface area contributed by atoms with Crippen LogP contribution in [0.15, 0.2) is 59.9 Å². The number of hydrogen-bond donors (Lipinski definition) is 2. The number of nitrogens with one attached hydrogen (secondary N) is 1. The Bertz CT molecular complexity index is 1800. The molecule has 2 aliphatic rings. The van der Waals surface area contributed by atoms with Crippen molar-refractivity contribution in [1.29, 1.82) is 0 Å². The van der Waals surface area contributed by atoms with Gasteiger partial charge in [-0.25, -0.2) is 19.7 Å². The molecule has 5 aromatic rings. The van der Waals surface area contributed by atoms with Crippen LogP contribution in [-0.2, 0) is 11.3 Å². The van der Waals surface area contributed by atoms with E-state index < -0.39 is 6.10 Å². The molecule has 2 saturated heterocycles. The number of carbonyl (C=O) groups is 1. The van der Waals surface area contributed by atoms with Crippen molar-refractivity contribution in [1.82, 2.24) is 34.0 Å². The number of piperidine rings is 1. The minimum absolute atomic E-state index is 0.00379. The van der Waals surface area contributed by atoms with E-state index in [1.54, 1.807) is 10.8 Å². The molecular formula is C28H27ClN8O3. The normalized spacial score (nSPS) is 16.6. The summed E-state index contributed by atoms with van der Waals surface area (Å²) < 4.78 is 3.63. The number of anilines is 1. The number of hydrogen-bond acceptors (Lipinski definition) is 7. The number of fused-ring (bicyclic) bond motifs is 2. The van der Waals surface area contributed by atoms with Gasteiger partial charge in [-0.2, -0.15) is 0 Å². The molecule has 2 fully saturated rings. The first-order chi connectivity index (χ1) is 19.5. The number of carbonyl (C=O) groups excluding carboxylic acids is 1. The van der Waals surface area contributed by atoms with Gasteiger partial charge in [-0.15, -0.1) is 0 Å². The molecule has 0 bridgehead atoms. The number of H-pyrrole nitrogens is 1. The second kappa shape index (κ2) is 9.76. The number of aliphatic hydroxyl groups excluding tert-OH is 1. The number of β-amino-alcohol motifs (C(OH)–C–C–N with tert-alkyl or cyclic N) is 1. The lowest BCUT2D eigenvalue weighted by Crippen LogP contribution is -2.51. The molecular weight excluding hydrogens is 532 g/mol. The van der Waals surface area contributed by atoms with Crippen LogP contribution in [0.5, 0.6) is 0 Å². The van der Waals surface area contributed by atoms with E-state index in [4.69, 9.17) is 11.6 Å². The molecule has 1 aromatic carbocycles. The Morgan fingerprint density at radius 2 is 1.85 bits per heavy atom. The molecule has 0 saturated carbocycles. The van der Waals surface area contributed by atoms with E-state index in [2.05, 4.69) is 19.9 Å². The highest BCUT2D eigenvalue weighted by Crippen LogP contribution is 2.39. The van der Waals surface area contributed by atoms with Crippen LogP contribution < -0.4 is 10.6 Å². The van der Waals surface area contributed by atoms with Crippen molar-refractivity contribution in [2.24, 2.45) is 0 Å². The maximum Gasteiger partial charge on any atom is 0.327 e. The lowest BCUT2D eigenvalue weighted by molar-refractivity contribution is -0.133. The fourth-order valence-corrected chi connectivity index (χ4v) is 6.16. The molecule has 0 spiro atoms. The van der Waals surface area contributed by atoms with E-state index in [1.807, 2.05) is 57.0 Å². The Morgan fingerprint density at radius 1 is 1.05 bits per heavy atom. The molecule has 0 unspecified atom stereocenters. The maximum atomic E-state index is 13.5. The maximum absolute atomic E-state index is 13.5. The van der Waals surface area contributed by atoms with Crippen molar-refractivity contribution >= 4 is 45.5 Å². The minimum atomic E-state index is -0.392. The predicted molar refractivity (Wildman–Crippen MR) is 151 cm³/mol. The molecule has 4 aromatic heterocycles. The van der Waals surface area contributed by atoms with Crippen LogP contribution in [0, 0.1) is 0 Å². The van der Waals surface area contributed by atoms with Gasteiger partial charge in [0.25, 0.3) is 0 Å². The zero-order chi connectivity index (χ0) is 27.4. The Labute approximate surface area is 233 Å². The number of aliphatic hydroxyl groups is 1. The highest BCUT2D eigenvalue weighted by molar-refractivity contribution is 6.33. The summed E-state index contributed by atoms with van der Waals surface area (Å²) in [5.74, 6) is 0.699. The van der Waals surface area contributed by atoms with E-state index in [-0.39, 0.29) is 24.2 Å². The zero-order valence-electron chi connectivity index (χ0n) is 21.6. The number of aromatic amines is 1. The van der Waals surface area contributed by atoms with E-state index in [0.717, 1.165) is 27.8 Å². The summed E-state index contributed by atoms with van der Waals surface area (Å²) in [6.07, 6.45) is 6.04. The van der Waals surface area contributed by atoms with Gasteiger partial charge in [0.2, 0.25) is 5.91 Å². The quantitative estimate of drug-likeness (QED) is 0.340. The summed E-state index contributed by atoms with van der Waals surface area (Å²) in [6, 6.07) is 11.3. The highest BCUT2D eigenvalue weighted by atomic mass is 35.5. The molecule has 2 aliphatic heterocycles. The second-order valence-electron chi connectivity index (χ2n) is 10.4. The molecule has 0 atom stereocenters. The van der Waals surface area contributed by atoms with Crippen molar-refractivity contribution in [2.45, 2.75) is 31.5 Å². The van der Waals surface area contributed by atoms with Gasteiger partial charge in [0.05, 0.1) is 17.0 Å². The van der Waals surface area contributed by atoms with E-state index in [0.29, 0.717) is 55.3 Å². The summed E-state index contributed by atoms with van der Waals surface area (Å²) in [7, 11) is 0. The lowest BCUT2D eigenvalue weighted by atomic mass is 10.0. The Morgan fingerprint density at radius 3 is 2.62 bits per heavy atom. The van der Waals surface area contributed by atoms with Crippen LogP contribution >= 0.6 is 11.6 Å². The van der Waals surface area contributed by atoms with Crippen LogP contribution in [0.2, 0.25) is 5.02 Å². The van der Waals surface area contributed by atoms with Gasteiger partial charge < -0.3 is 19.5 Å². The third-order valence-corrected chi connectivity index (χ3v) is 8.27. The number of nitrogens with zero attached hydrogens (tertiary/aromatic N) is 7. The minimum Gasteiger partial charge on any atom is -0.389 e. The molecule has 12 heteroatoms. The summed E-state index contributed by atoms with van der Waals surface area (Å²) in [4.78, 5) is 46.2. The number of likely N-dealkylation sites (tertiary alicyclic amines) is 1. The molecule has 204 valence electrons. The smallest absolute Gasteiger partial charge is 0.327 e. The molecule has 40 heavy (non-hydrogen) atoms. The van der Waals surface area contributed by atoms with Crippen LogP contribution in [0.25, 0.3) is 33.3 Å². The lowest BCUT2D eigenvalue weighted by Gasteiger charge is -2.37. The predicted octanol–water partition coefficient (Wildman–Crippen LogP) is 2.83. The van der Waals surface area contributed by atoms with Crippen LogP contribution in [-0.4, -0.2) is 77.3 Å². The first kappa shape index (κ1) is 24.8. The molecule has 2 N–H and O–H groups in total. The topological polar surface area (TPSA) is 125 Å². The highest BCUT2D eigenvalue weighted by Gasteiger charge is 2.31. The monoisotopic (exact) mass is 558 g/mol. The van der Waals surface area contributed by atoms with Gasteiger partial charge >= 0.3 is 5.69 Å². The van der Waals surface area contributed by atoms with Crippen molar-refractivity contribution in [3.63, 3.8) is 0 Å². The van der Waals surface area contributed by atoms with Gasteiger partial charge in [-0.3, -0.25) is 14.3 Å². The first-order valence-corrected chi connectivity index (χ1v) is 13.7. The Balaban J connectivity index is 1.16. The molecule has 6 heterocycles. The molecule has 7 rings (SSSR count). The van der Waals surface area contributed by atoms with Crippen LogP contribution in [0.4, 0.5) is 5.82 Å². The van der Waals surface area contributed by atoms with E-state index >= 15 is 0 Å². The summed E-state index contributed by atoms with van der Waals surface area (Å²) in [6.45, 7) is 2.18. The number of aromatic nitrogens is 6. The number of pyridine rings is 1. The van der Waals surface area contributed by atoms with E-state index in [1.165, 1.54) is 6.33 Å². The average molecular weight is 559 g/mol. The van der Waals surface area contributed by atoms with Crippen molar-refractivity contribution in [2.75, 3.05) is 31.1 Å². The largest absolute Gasteiger partial charge is 0.389 e. The van der Waals surface area contributed by atoms with E-state index in [9.17, 15) is 14.7 Å². The fraction of sp³-hybridized carbons (Fsp3) is 0.321. The Kier molecular flexibility index (Phi) is 6.05. The zero-order valence-corrected chi connectivity index (χ0v) is 22.3. The first-order valence-electron chi connectivity index (χ1n) is 13.3. The standard InChI is InChI=1S/C28H27ClN8O3/c29-21-5-2-1-4-19(21)20-14-36(27-24(20)26(31-16-32-27)35-12-18(38)13-35)15-23(39)34-10-7-17(8-11-34)37-22-6-3-9-30-25(22)33-28(37)40/h1-6,9,14,16-18,38H,7-8,10-13,15H2,(H,30,33,40). The molecule has 0 radical (unpaired) electrons. The number of imidazole rings is 1. The Hall–Kier alpha value is -4.22. The SMILES string of the molecule is O=C(Cn1cc(-c2ccccc2Cl)c2c(N3CC(O)C3)ncnc21)N1CCC(n2c(=O)[nH]c3ncccc32)CC1. The van der Waals surface area contributed by atoms with Gasteiger partial charge in [-0.1, -0.05) is 29.8 Å². The van der Waals surface area contributed by atoms with Crippen LogP contribution in [0.1, 0.15) is 18.9 Å². The summed E-state index contributed by atoms with van der Waals surface area (Å²) in [5.41, 5.74) is 3.51. The number of rotatable bonds is 5. The third-order valence-electron chi connectivity index (χ3n) is 7.94. The number of halogens is 1. The molecule has 1 amide bonds. The number of benzene rings is 1. The van der Waals surface area contributed by atoms with Gasteiger partial charge in [0.1, 0.15) is 24.3 Å².